The first-order valence-corrected chi connectivity index (χ1v) is 10.4. The van der Waals surface area contributed by atoms with Gasteiger partial charge in [-0.2, -0.15) is 18.3 Å². The molecular weight excluding hydrogens is 439 g/mol. The van der Waals surface area contributed by atoms with Gasteiger partial charge in [0.05, 0.1) is 43.2 Å². The molecule has 174 valence electrons. The van der Waals surface area contributed by atoms with E-state index in [1.807, 2.05) is 19.1 Å². The van der Waals surface area contributed by atoms with Gasteiger partial charge < -0.3 is 19.5 Å². The average molecular weight is 461 g/mol. The predicted octanol–water partition coefficient (Wildman–Crippen LogP) is 3.35. The second-order valence-corrected chi connectivity index (χ2v) is 8.29. The van der Waals surface area contributed by atoms with Gasteiger partial charge in [-0.15, -0.1) is 0 Å². The number of hydrogen-bond donors (Lipinski definition) is 1. The highest BCUT2D eigenvalue weighted by Gasteiger charge is 2.54. The van der Waals surface area contributed by atoms with Crippen LogP contribution in [-0.4, -0.2) is 51.4 Å². The SMILES string of the molecule is COc1cncc(-c2cc(C)c3c(n2)C2(CCOC2)N(c2cnn(CC(F)(F)F)c2)C3O)c1. The zero-order valence-electron chi connectivity index (χ0n) is 18.0. The summed E-state index contributed by atoms with van der Waals surface area (Å²) in [7, 11) is 1.56. The zero-order chi connectivity index (χ0) is 23.4. The molecule has 0 aliphatic carbocycles. The number of pyridine rings is 2. The van der Waals surface area contributed by atoms with Gasteiger partial charge in [-0.3, -0.25) is 9.67 Å². The maximum absolute atomic E-state index is 12.9. The van der Waals surface area contributed by atoms with Crippen LogP contribution in [0.3, 0.4) is 0 Å². The van der Waals surface area contributed by atoms with E-state index < -0.39 is 24.5 Å². The van der Waals surface area contributed by atoms with Crippen LogP contribution in [0.4, 0.5) is 18.9 Å². The van der Waals surface area contributed by atoms with E-state index in [0.29, 0.717) is 41.4 Å². The highest BCUT2D eigenvalue weighted by Crippen LogP contribution is 2.52. The molecule has 2 atom stereocenters. The number of methoxy groups -OCH3 is 1. The molecule has 2 aliphatic rings. The minimum atomic E-state index is -4.40. The van der Waals surface area contributed by atoms with E-state index in [9.17, 15) is 18.3 Å². The van der Waals surface area contributed by atoms with Crippen molar-refractivity contribution in [1.29, 1.82) is 0 Å². The fourth-order valence-corrected chi connectivity index (χ4v) is 4.73. The fraction of sp³-hybridized carbons (Fsp3) is 0.409. The van der Waals surface area contributed by atoms with Gasteiger partial charge in [0, 0.05) is 36.5 Å². The van der Waals surface area contributed by atoms with Crippen molar-refractivity contribution in [3.63, 3.8) is 0 Å². The third-order valence-corrected chi connectivity index (χ3v) is 6.15. The normalized spacial score (nSPS) is 22.2. The Kier molecular flexibility index (Phi) is 5.05. The van der Waals surface area contributed by atoms with Crippen LogP contribution >= 0.6 is 0 Å². The Hall–Kier alpha value is -3.18. The lowest BCUT2D eigenvalue weighted by molar-refractivity contribution is -0.142. The number of anilines is 1. The first-order valence-electron chi connectivity index (χ1n) is 10.4. The van der Waals surface area contributed by atoms with Crippen molar-refractivity contribution in [3.8, 4) is 17.0 Å². The molecule has 2 aliphatic heterocycles. The summed E-state index contributed by atoms with van der Waals surface area (Å²) in [4.78, 5) is 10.8. The number of aryl methyl sites for hydroxylation is 1. The monoisotopic (exact) mass is 461 g/mol. The van der Waals surface area contributed by atoms with Gasteiger partial charge in [-0.1, -0.05) is 0 Å². The fourth-order valence-electron chi connectivity index (χ4n) is 4.73. The smallest absolute Gasteiger partial charge is 0.408 e. The lowest BCUT2D eigenvalue weighted by Gasteiger charge is -2.36. The molecule has 5 rings (SSSR count). The summed E-state index contributed by atoms with van der Waals surface area (Å²) in [5.41, 5.74) is 3.04. The van der Waals surface area contributed by atoms with Crippen molar-refractivity contribution in [2.75, 3.05) is 25.2 Å². The predicted molar refractivity (Wildman–Crippen MR) is 112 cm³/mol. The summed E-state index contributed by atoms with van der Waals surface area (Å²) in [6.07, 6.45) is 0.929. The Balaban J connectivity index is 1.61. The molecule has 5 heterocycles. The Morgan fingerprint density at radius 2 is 2.09 bits per heavy atom. The van der Waals surface area contributed by atoms with Crippen molar-refractivity contribution in [2.24, 2.45) is 0 Å². The number of rotatable bonds is 4. The molecule has 1 saturated heterocycles. The molecule has 0 amide bonds. The molecule has 1 N–H and O–H groups in total. The first kappa shape index (κ1) is 21.7. The summed E-state index contributed by atoms with van der Waals surface area (Å²) in [5.74, 6) is 0.588. The second kappa shape index (κ2) is 7.70. The van der Waals surface area contributed by atoms with Gasteiger partial charge in [0.15, 0.2) is 6.23 Å². The molecule has 1 spiro atoms. The average Bonchev–Trinajstić information content (AvgIpc) is 3.47. The molecule has 3 aromatic heterocycles. The number of hydrogen-bond acceptors (Lipinski definition) is 7. The number of fused-ring (bicyclic) bond motifs is 2. The minimum absolute atomic E-state index is 0.244. The Morgan fingerprint density at radius 1 is 1.27 bits per heavy atom. The number of ether oxygens (including phenoxy) is 2. The number of halogens is 3. The van der Waals surface area contributed by atoms with Crippen molar-refractivity contribution >= 4 is 5.69 Å². The Labute approximate surface area is 187 Å². The topological polar surface area (TPSA) is 85.5 Å². The van der Waals surface area contributed by atoms with Gasteiger partial charge in [0.25, 0.3) is 0 Å². The third kappa shape index (κ3) is 3.61. The van der Waals surface area contributed by atoms with Crippen molar-refractivity contribution < 1.29 is 27.8 Å². The van der Waals surface area contributed by atoms with Crippen LogP contribution in [0.15, 0.2) is 36.9 Å². The second-order valence-electron chi connectivity index (χ2n) is 8.29. The van der Waals surface area contributed by atoms with Gasteiger partial charge in [0.1, 0.15) is 17.8 Å². The van der Waals surface area contributed by atoms with E-state index in [-0.39, 0.29) is 6.61 Å². The molecule has 0 radical (unpaired) electrons. The molecule has 0 bridgehead atoms. The third-order valence-electron chi connectivity index (χ3n) is 6.15. The first-order chi connectivity index (χ1) is 15.7. The largest absolute Gasteiger partial charge is 0.495 e. The Morgan fingerprint density at radius 3 is 2.79 bits per heavy atom. The summed E-state index contributed by atoms with van der Waals surface area (Å²) in [6.45, 7) is 1.34. The summed E-state index contributed by atoms with van der Waals surface area (Å²) < 4.78 is 50.4. The highest BCUT2D eigenvalue weighted by molar-refractivity contribution is 5.66. The van der Waals surface area contributed by atoms with Crippen LogP contribution in [0.5, 0.6) is 5.75 Å². The van der Waals surface area contributed by atoms with Crippen LogP contribution in [0.25, 0.3) is 11.3 Å². The molecule has 1 fully saturated rings. The Bertz CT molecular complexity index is 1190. The lowest BCUT2D eigenvalue weighted by Crippen LogP contribution is -2.44. The lowest BCUT2D eigenvalue weighted by atomic mass is 9.91. The summed E-state index contributed by atoms with van der Waals surface area (Å²) >= 11 is 0. The van der Waals surface area contributed by atoms with Crippen molar-refractivity contribution in [2.45, 2.75) is 37.8 Å². The molecule has 3 aromatic rings. The molecule has 0 aromatic carbocycles. The van der Waals surface area contributed by atoms with Crippen molar-refractivity contribution in [3.05, 3.63) is 53.7 Å². The van der Waals surface area contributed by atoms with E-state index >= 15 is 0 Å². The number of aliphatic hydroxyl groups excluding tert-OH is 1. The summed E-state index contributed by atoms with van der Waals surface area (Å²) in [5, 5.41) is 15.2. The zero-order valence-corrected chi connectivity index (χ0v) is 18.0. The number of aromatic nitrogens is 4. The van der Waals surface area contributed by atoms with E-state index in [1.165, 1.54) is 12.4 Å². The van der Waals surface area contributed by atoms with Gasteiger partial charge in [-0.25, -0.2) is 4.98 Å². The van der Waals surface area contributed by atoms with E-state index in [1.54, 1.807) is 24.4 Å². The van der Waals surface area contributed by atoms with Crippen LogP contribution in [0, 0.1) is 6.92 Å². The quantitative estimate of drug-likeness (QED) is 0.638. The molecule has 0 saturated carbocycles. The van der Waals surface area contributed by atoms with Crippen LogP contribution < -0.4 is 9.64 Å². The van der Waals surface area contributed by atoms with Crippen LogP contribution in [0.1, 0.15) is 29.5 Å². The molecule has 2 unspecified atom stereocenters. The molecule has 11 heteroatoms. The van der Waals surface area contributed by atoms with E-state index in [2.05, 4.69) is 10.1 Å². The van der Waals surface area contributed by atoms with Crippen molar-refractivity contribution in [1.82, 2.24) is 19.7 Å². The molecule has 8 nitrogen and oxygen atoms in total. The van der Waals surface area contributed by atoms with E-state index in [0.717, 1.165) is 15.8 Å². The number of aliphatic hydroxyl groups is 1. The molecular formula is C22H22F3N5O3. The maximum Gasteiger partial charge on any atom is 0.408 e. The van der Waals surface area contributed by atoms with E-state index in [4.69, 9.17) is 14.5 Å². The number of alkyl halides is 3. The highest BCUT2D eigenvalue weighted by atomic mass is 19.4. The van der Waals surface area contributed by atoms with Crippen LogP contribution in [0.2, 0.25) is 0 Å². The van der Waals surface area contributed by atoms with Gasteiger partial charge >= 0.3 is 6.18 Å². The number of nitrogens with zero attached hydrogens (tertiary/aromatic N) is 5. The summed E-state index contributed by atoms with van der Waals surface area (Å²) in [6, 6.07) is 3.68. The van der Waals surface area contributed by atoms with Crippen LogP contribution in [-0.2, 0) is 16.8 Å². The molecule has 33 heavy (non-hydrogen) atoms. The van der Waals surface area contributed by atoms with Gasteiger partial charge in [0.2, 0.25) is 0 Å². The maximum atomic E-state index is 12.9. The standard InChI is InChI=1S/C22H22F3N5O3/c1-13-5-17(14-6-16(32-2)9-26-7-14)28-19-18(13)20(31)30(21(19)3-4-33-12-21)15-8-27-29(10-15)11-22(23,24)25/h5-10,20,31H,3-4,11-12H2,1-2H3. The van der Waals surface area contributed by atoms with Gasteiger partial charge in [-0.05, 0) is 24.6 Å². The minimum Gasteiger partial charge on any atom is -0.495 e.